The molecule has 1 amide bonds. The molecule has 1 aliphatic rings. The Bertz CT molecular complexity index is 445. The summed E-state index contributed by atoms with van der Waals surface area (Å²) in [5.74, 6) is -0.0755. The molecule has 4 nitrogen and oxygen atoms in total. The Morgan fingerprint density at radius 3 is 3.11 bits per heavy atom. The van der Waals surface area contributed by atoms with E-state index in [1.165, 1.54) is 18.2 Å². The zero-order valence-electron chi connectivity index (χ0n) is 11.0. The number of amides is 1. The highest BCUT2D eigenvalue weighted by Gasteiger charge is 2.21. The van der Waals surface area contributed by atoms with E-state index in [9.17, 15) is 9.18 Å². The van der Waals surface area contributed by atoms with Crippen molar-refractivity contribution >= 4 is 11.6 Å². The molecule has 1 fully saturated rings. The molecule has 1 aliphatic heterocycles. The summed E-state index contributed by atoms with van der Waals surface area (Å²) in [7, 11) is 0. The SMILES string of the molecule is CCOc1cc(F)ccc1NC(=O)C1CCCNC1. The van der Waals surface area contributed by atoms with Crippen LogP contribution >= 0.6 is 0 Å². The van der Waals surface area contributed by atoms with Crippen molar-refractivity contribution in [1.82, 2.24) is 5.32 Å². The van der Waals surface area contributed by atoms with Crippen LogP contribution in [0.15, 0.2) is 18.2 Å². The molecule has 1 atom stereocenters. The number of halogens is 1. The summed E-state index contributed by atoms with van der Waals surface area (Å²) in [6.45, 7) is 3.90. The van der Waals surface area contributed by atoms with Crippen molar-refractivity contribution in [2.24, 2.45) is 5.92 Å². The second kappa shape index (κ2) is 6.52. The molecule has 1 unspecified atom stereocenters. The average molecular weight is 266 g/mol. The predicted octanol–water partition coefficient (Wildman–Crippen LogP) is 2.16. The Hall–Kier alpha value is -1.62. The van der Waals surface area contributed by atoms with E-state index in [2.05, 4.69) is 10.6 Å². The van der Waals surface area contributed by atoms with E-state index in [0.717, 1.165) is 19.4 Å². The highest BCUT2D eigenvalue weighted by Crippen LogP contribution is 2.26. The average Bonchev–Trinajstić information content (AvgIpc) is 2.43. The third kappa shape index (κ3) is 3.67. The molecule has 104 valence electrons. The molecular weight excluding hydrogens is 247 g/mol. The van der Waals surface area contributed by atoms with Crippen LogP contribution < -0.4 is 15.4 Å². The molecular formula is C14H19FN2O2. The topological polar surface area (TPSA) is 50.4 Å². The zero-order valence-corrected chi connectivity index (χ0v) is 11.0. The predicted molar refractivity (Wildman–Crippen MR) is 71.8 cm³/mol. The van der Waals surface area contributed by atoms with Crippen LogP contribution in [0, 0.1) is 11.7 Å². The van der Waals surface area contributed by atoms with Gasteiger partial charge in [0.05, 0.1) is 18.2 Å². The molecule has 0 radical (unpaired) electrons. The highest BCUT2D eigenvalue weighted by atomic mass is 19.1. The Balaban J connectivity index is 2.06. The van der Waals surface area contributed by atoms with Crippen molar-refractivity contribution in [2.45, 2.75) is 19.8 Å². The number of ether oxygens (including phenoxy) is 1. The first-order chi connectivity index (χ1) is 9.20. The van der Waals surface area contributed by atoms with E-state index in [4.69, 9.17) is 4.74 Å². The van der Waals surface area contributed by atoms with Crippen LogP contribution in [0.5, 0.6) is 5.75 Å². The van der Waals surface area contributed by atoms with Gasteiger partial charge < -0.3 is 15.4 Å². The quantitative estimate of drug-likeness (QED) is 0.878. The summed E-state index contributed by atoms with van der Waals surface area (Å²) in [6.07, 6.45) is 1.88. The molecule has 1 aromatic rings. The lowest BCUT2D eigenvalue weighted by atomic mass is 9.99. The molecule has 1 saturated heterocycles. The van der Waals surface area contributed by atoms with E-state index in [0.29, 0.717) is 24.6 Å². The van der Waals surface area contributed by atoms with Gasteiger partial charge in [-0.2, -0.15) is 0 Å². The van der Waals surface area contributed by atoms with E-state index in [1.807, 2.05) is 6.92 Å². The minimum absolute atomic E-state index is 0.0340. The van der Waals surface area contributed by atoms with Crippen LogP contribution in [0.4, 0.5) is 10.1 Å². The van der Waals surface area contributed by atoms with Crippen LogP contribution in [-0.4, -0.2) is 25.6 Å². The highest BCUT2D eigenvalue weighted by molar-refractivity contribution is 5.94. The first-order valence-electron chi connectivity index (χ1n) is 6.64. The number of piperidine rings is 1. The Morgan fingerprint density at radius 1 is 1.58 bits per heavy atom. The lowest BCUT2D eigenvalue weighted by Crippen LogP contribution is -2.37. The van der Waals surface area contributed by atoms with Crippen molar-refractivity contribution in [3.05, 3.63) is 24.0 Å². The molecule has 0 bridgehead atoms. The van der Waals surface area contributed by atoms with Crippen molar-refractivity contribution in [2.75, 3.05) is 25.0 Å². The van der Waals surface area contributed by atoms with Gasteiger partial charge in [-0.05, 0) is 38.4 Å². The van der Waals surface area contributed by atoms with Gasteiger partial charge in [0.25, 0.3) is 0 Å². The van der Waals surface area contributed by atoms with E-state index in [1.54, 1.807) is 0 Å². The number of benzene rings is 1. The van der Waals surface area contributed by atoms with Crippen molar-refractivity contribution < 1.29 is 13.9 Å². The molecule has 0 aromatic heterocycles. The van der Waals surface area contributed by atoms with Crippen molar-refractivity contribution in [3.63, 3.8) is 0 Å². The summed E-state index contributed by atoms with van der Waals surface area (Å²) in [5.41, 5.74) is 0.527. The second-order valence-corrected chi connectivity index (χ2v) is 4.61. The minimum atomic E-state index is -0.374. The van der Waals surface area contributed by atoms with Crippen LogP contribution in [-0.2, 0) is 4.79 Å². The van der Waals surface area contributed by atoms with E-state index >= 15 is 0 Å². The Kier molecular flexibility index (Phi) is 4.74. The van der Waals surface area contributed by atoms with Crippen molar-refractivity contribution in [1.29, 1.82) is 0 Å². The first-order valence-corrected chi connectivity index (χ1v) is 6.64. The van der Waals surface area contributed by atoms with Gasteiger partial charge in [0.2, 0.25) is 5.91 Å². The largest absolute Gasteiger partial charge is 0.492 e. The third-order valence-corrected chi connectivity index (χ3v) is 3.17. The number of carbonyl (C=O) groups excluding carboxylic acids is 1. The fraction of sp³-hybridized carbons (Fsp3) is 0.500. The molecule has 0 saturated carbocycles. The lowest BCUT2D eigenvalue weighted by Gasteiger charge is -2.22. The fourth-order valence-electron chi connectivity index (χ4n) is 2.18. The number of anilines is 1. The summed E-state index contributed by atoms with van der Waals surface area (Å²) < 4.78 is 18.5. The summed E-state index contributed by atoms with van der Waals surface area (Å²) in [5, 5.41) is 6.02. The van der Waals surface area contributed by atoms with E-state index < -0.39 is 0 Å². The minimum Gasteiger partial charge on any atom is -0.492 e. The molecule has 5 heteroatoms. The normalized spacial score (nSPS) is 18.9. The van der Waals surface area contributed by atoms with Crippen LogP contribution in [0.2, 0.25) is 0 Å². The Morgan fingerprint density at radius 2 is 2.42 bits per heavy atom. The van der Waals surface area contributed by atoms with Crippen molar-refractivity contribution in [3.8, 4) is 5.75 Å². The molecule has 0 aliphatic carbocycles. The van der Waals surface area contributed by atoms with Gasteiger partial charge in [-0.15, -0.1) is 0 Å². The molecule has 2 rings (SSSR count). The molecule has 19 heavy (non-hydrogen) atoms. The second-order valence-electron chi connectivity index (χ2n) is 4.61. The number of hydrogen-bond acceptors (Lipinski definition) is 3. The van der Waals surface area contributed by atoms with Crippen LogP contribution in [0.1, 0.15) is 19.8 Å². The summed E-state index contributed by atoms with van der Waals surface area (Å²) >= 11 is 0. The summed E-state index contributed by atoms with van der Waals surface area (Å²) in [4.78, 5) is 12.1. The maximum absolute atomic E-state index is 13.2. The van der Waals surface area contributed by atoms with E-state index in [-0.39, 0.29) is 17.6 Å². The smallest absolute Gasteiger partial charge is 0.228 e. The van der Waals surface area contributed by atoms with Gasteiger partial charge in [-0.3, -0.25) is 4.79 Å². The number of carbonyl (C=O) groups is 1. The maximum Gasteiger partial charge on any atom is 0.228 e. The molecule has 2 N–H and O–H groups in total. The van der Waals surface area contributed by atoms with Gasteiger partial charge in [0, 0.05) is 12.6 Å². The van der Waals surface area contributed by atoms with Gasteiger partial charge >= 0.3 is 0 Å². The Labute approximate surface area is 112 Å². The van der Waals surface area contributed by atoms with Gasteiger partial charge in [-0.1, -0.05) is 0 Å². The maximum atomic E-state index is 13.2. The zero-order chi connectivity index (χ0) is 13.7. The standard InChI is InChI=1S/C14H19FN2O2/c1-2-19-13-8-11(15)5-6-12(13)17-14(18)10-4-3-7-16-9-10/h5-6,8,10,16H,2-4,7,9H2,1H3,(H,17,18). The number of nitrogens with one attached hydrogen (secondary N) is 2. The number of hydrogen-bond donors (Lipinski definition) is 2. The van der Waals surface area contributed by atoms with Crippen LogP contribution in [0.25, 0.3) is 0 Å². The van der Waals surface area contributed by atoms with Gasteiger partial charge in [0.15, 0.2) is 0 Å². The first kappa shape index (κ1) is 13.8. The monoisotopic (exact) mass is 266 g/mol. The third-order valence-electron chi connectivity index (χ3n) is 3.17. The molecule has 0 spiro atoms. The molecule has 1 aromatic carbocycles. The van der Waals surface area contributed by atoms with Gasteiger partial charge in [0.1, 0.15) is 11.6 Å². The lowest BCUT2D eigenvalue weighted by molar-refractivity contribution is -0.120. The fourth-order valence-corrected chi connectivity index (χ4v) is 2.18. The molecule has 1 heterocycles. The van der Waals surface area contributed by atoms with Gasteiger partial charge in [-0.25, -0.2) is 4.39 Å². The van der Waals surface area contributed by atoms with Crippen LogP contribution in [0.3, 0.4) is 0 Å². The number of rotatable bonds is 4. The summed E-state index contributed by atoms with van der Waals surface area (Å²) in [6, 6.07) is 4.14.